The fourth-order valence-corrected chi connectivity index (χ4v) is 8.71. The molecule has 15 nitrogen and oxygen atoms in total. The maximum Gasteiger partial charge on any atom is 0.422 e. The number of halogens is 3. The van der Waals surface area contributed by atoms with E-state index in [0.29, 0.717) is 24.0 Å². The van der Waals surface area contributed by atoms with Crippen molar-refractivity contribution in [2.45, 2.75) is 172 Å². The van der Waals surface area contributed by atoms with Crippen LogP contribution in [0.1, 0.15) is 123 Å². The number of carbonyl (C=O) groups is 5. The fourth-order valence-electron chi connectivity index (χ4n) is 8.71. The molecule has 346 valence electrons. The van der Waals surface area contributed by atoms with Crippen molar-refractivity contribution in [1.29, 1.82) is 0 Å². The molecule has 0 unspecified atom stereocenters. The summed E-state index contributed by atoms with van der Waals surface area (Å²) in [6.07, 6.45) is 0.608. The van der Waals surface area contributed by atoms with E-state index in [2.05, 4.69) is 29.2 Å². The van der Waals surface area contributed by atoms with Gasteiger partial charge in [0.15, 0.2) is 18.4 Å². The minimum Gasteiger partial charge on any atom is -0.460 e. The SMILES string of the molecule is CCCCCC1(CCCCC)O[C@@H]2[C@H](O1)[C@H]1ON(Cc3ccccc3C=CC(=O)OCC(F)(F)F)[C@@H]3C(=O)O[C@@H]2C[C@]13C(=O)NCCC(=O)N[C@H](CO)CCC(=O)OC(C)(C)C. The number of rotatable bonds is 22. The van der Waals surface area contributed by atoms with E-state index < -0.39 is 102 Å². The Morgan fingerprint density at radius 2 is 1.68 bits per heavy atom. The molecular weight excluding hydrogens is 819 g/mol. The molecule has 5 rings (SSSR count). The van der Waals surface area contributed by atoms with Crippen LogP contribution in [-0.2, 0) is 59.0 Å². The van der Waals surface area contributed by atoms with Gasteiger partial charge in [0.1, 0.15) is 35.4 Å². The number of hydrogen-bond acceptors (Lipinski definition) is 13. The van der Waals surface area contributed by atoms with E-state index >= 15 is 0 Å². The van der Waals surface area contributed by atoms with Gasteiger partial charge >= 0.3 is 24.1 Å². The number of ether oxygens (including phenoxy) is 5. The van der Waals surface area contributed by atoms with Crippen molar-refractivity contribution in [2.24, 2.45) is 5.41 Å². The van der Waals surface area contributed by atoms with Gasteiger partial charge in [-0.15, -0.1) is 0 Å². The molecule has 62 heavy (non-hydrogen) atoms. The Balaban J connectivity index is 1.38. The highest BCUT2D eigenvalue weighted by Gasteiger charge is 2.76. The number of aliphatic hydroxyl groups excluding tert-OH is 1. The summed E-state index contributed by atoms with van der Waals surface area (Å²) in [5.41, 5.74) is -1.34. The van der Waals surface area contributed by atoms with Crippen LogP contribution in [0.3, 0.4) is 0 Å². The van der Waals surface area contributed by atoms with Crippen LogP contribution in [0.2, 0.25) is 0 Å². The molecule has 3 heterocycles. The highest BCUT2D eigenvalue weighted by molar-refractivity contribution is 5.94. The summed E-state index contributed by atoms with van der Waals surface area (Å²) in [5, 5.41) is 16.8. The first-order chi connectivity index (χ1) is 29.3. The first-order valence-electron chi connectivity index (χ1n) is 21.7. The van der Waals surface area contributed by atoms with Crippen molar-refractivity contribution >= 4 is 35.8 Å². The molecule has 0 radical (unpaired) electrons. The van der Waals surface area contributed by atoms with Crippen LogP contribution in [0, 0.1) is 5.41 Å². The van der Waals surface area contributed by atoms with Gasteiger partial charge in [0, 0.05) is 44.7 Å². The van der Waals surface area contributed by atoms with Crippen molar-refractivity contribution in [3.05, 3.63) is 41.5 Å². The van der Waals surface area contributed by atoms with Gasteiger partial charge in [-0.2, -0.15) is 18.2 Å². The van der Waals surface area contributed by atoms with Crippen LogP contribution in [0.4, 0.5) is 13.2 Å². The molecule has 1 aromatic rings. The average Bonchev–Trinajstić information content (AvgIpc) is 3.76. The second kappa shape index (κ2) is 21.1. The van der Waals surface area contributed by atoms with Crippen molar-refractivity contribution < 1.29 is 70.8 Å². The lowest BCUT2D eigenvalue weighted by Gasteiger charge is -2.48. The molecule has 7 atom stereocenters. The predicted molar refractivity (Wildman–Crippen MR) is 216 cm³/mol. The summed E-state index contributed by atoms with van der Waals surface area (Å²) in [6, 6.07) is 4.64. The fraction of sp³-hybridized carbons (Fsp3) is 0.705. The normalized spacial score (nSPS) is 25.8. The van der Waals surface area contributed by atoms with Gasteiger partial charge < -0.3 is 39.4 Å². The Kier molecular flexibility index (Phi) is 16.6. The van der Waals surface area contributed by atoms with E-state index in [1.807, 2.05) is 0 Å². The summed E-state index contributed by atoms with van der Waals surface area (Å²) >= 11 is 0. The standard InChI is InChI=1S/C44H62F3N3O12/c1-6-8-12-21-42(22-13-9-7-2)60-35-31-24-43(40(56)48-23-20-32(52)49-30(26-51)17-19-34(54)59-41(3,4)5)37(39(55)58-31)50(62-38(43)36(35)61-42)25-29-15-11-10-14-28(29)16-18-33(53)57-27-44(45,46)47/h10-11,14-16,18,30-31,35-38,51H,6-9,12-13,17,19-27H2,1-5H3,(H,48,56)(H,49,52)/t30-,31+,35-,36-,37+,38+,43+/m0/s1. The first-order valence-corrected chi connectivity index (χ1v) is 21.7. The van der Waals surface area contributed by atoms with Crippen LogP contribution < -0.4 is 10.6 Å². The summed E-state index contributed by atoms with van der Waals surface area (Å²) in [5.74, 6) is -4.46. The third kappa shape index (κ3) is 12.3. The number of benzene rings is 1. The molecule has 0 aromatic heterocycles. The lowest BCUT2D eigenvalue weighted by molar-refractivity contribution is -0.224. The molecule has 4 aliphatic rings. The Morgan fingerprint density at radius 3 is 2.32 bits per heavy atom. The minimum atomic E-state index is -4.70. The molecule has 0 spiro atoms. The van der Waals surface area contributed by atoms with E-state index in [4.69, 9.17) is 23.8 Å². The van der Waals surface area contributed by atoms with Gasteiger partial charge in [0.05, 0.1) is 19.2 Å². The van der Waals surface area contributed by atoms with Crippen molar-refractivity contribution in [3.8, 4) is 0 Å². The van der Waals surface area contributed by atoms with Crippen LogP contribution >= 0.6 is 0 Å². The maximum absolute atomic E-state index is 14.7. The van der Waals surface area contributed by atoms with Gasteiger partial charge in [-0.1, -0.05) is 63.8 Å². The van der Waals surface area contributed by atoms with Crippen molar-refractivity contribution in [1.82, 2.24) is 15.7 Å². The minimum absolute atomic E-state index is 0.0248. The Hall–Kier alpha value is -4.10. The number of hydroxylamine groups is 2. The number of hydrogen-bond donors (Lipinski definition) is 3. The summed E-state index contributed by atoms with van der Waals surface area (Å²) in [6.45, 7) is 6.99. The molecular formula is C44H62F3N3O12. The number of unbranched alkanes of at least 4 members (excludes halogenated alkanes) is 4. The topological polar surface area (TPSA) is 188 Å². The summed E-state index contributed by atoms with van der Waals surface area (Å²) in [7, 11) is 0. The van der Waals surface area contributed by atoms with E-state index in [0.717, 1.165) is 44.6 Å². The number of nitrogens with one attached hydrogen (secondary N) is 2. The van der Waals surface area contributed by atoms with Crippen LogP contribution in [0.5, 0.6) is 0 Å². The number of fused-ring (bicyclic) bond motifs is 4. The molecule has 2 bridgehead atoms. The zero-order chi connectivity index (χ0) is 45.3. The number of alkyl halides is 3. The van der Waals surface area contributed by atoms with Crippen LogP contribution in [0.25, 0.3) is 6.08 Å². The van der Waals surface area contributed by atoms with Crippen LogP contribution in [-0.4, -0.2) is 114 Å². The van der Waals surface area contributed by atoms with Crippen LogP contribution in [0.15, 0.2) is 30.3 Å². The first kappa shape index (κ1) is 48.9. The number of amides is 2. The number of esters is 3. The molecule has 1 saturated carbocycles. The second-order valence-corrected chi connectivity index (χ2v) is 17.5. The zero-order valence-electron chi connectivity index (χ0n) is 36.3. The lowest BCUT2D eigenvalue weighted by Crippen LogP contribution is -2.69. The second-order valence-electron chi connectivity index (χ2n) is 17.5. The molecule has 2 amide bonds. The molecule has 3 saturated heterocycles. The van der Waals surface area contributed by atoms with Crippen molar-refractivity contribution in [3.63, 3.8) is 0 Å². The van der Waals surface area contributed by atoms with Gasteiger partial charge in [-0.05, 0) is 57.2 Å². The maximum atomic E-state index is 14.7. The molecule has 3 aliphatic heterocycles. The van der Waals surface area contributed by atoms with E-state index in [1.54, 1.807) is 45.0 Å². The van der Waals surface area contributed by atoms with Gasteiger partial charge in [-0.3, -0.25) is 24.0 Å². The summed E-state index contributed by atoms with van der Waals surface area (Å²) < 4.78 is 67.4. The Morgan fingerprint density at radius 1 is 1.00 bits per heavy atom. The number of aliphatic hydroxyl groups is 1. The highest BCUT2D eigenvalue weighted by atomic mass is 19.4. The van der Waals surface area contributed by atoms with Gasteiger partial charge in [0.2, 0.25) is 11.8 Å². The molecule has 1 aromatic carbocycles. The number of nitrogens with zero attached hydrogens (tertiary/aromatic N) is 1. The largest absolute Gasteiger partial charge is 0.460 e. The smallest absolute Gasteiger partial charge is 0.422 e. The quantitative estimate of drug-likeness (QED) is 0.0586. The third-order valence-corrected chi connectivity index (χ3v) is 11.5. The van der Waals surface area contributed by atoms with Gasteiger partial charge in [0.25, 0.3) is 0 Å². The van der Waals surface area contributed by atoms with Crippen molar-refractivity contribution in [2.75, 3.05) is 19.8 Å². The monoisotopic (exact) mass is 881 g/mol. The van der Waals surface area contributed by atoms with E-state index in [1.165, 1.54) is 11.1 Å². The zero-order valence-corrected chi connectivity index (χ0v) is 36.3. The lowest BCUT2D eigenvalue weighted by atomic mass is 9.62. The van der Waals surface area contributed by atoms with E-state index in [-0.39, 0.29) is 38.8 Å². The summed E-state index contributed by atoms with van der Waals surface area (Å²) in [4.78, 5) is 73.0. The molecule has 3 N–H and O–H groups in total. The Labute approximate surface area is 360 Å². The molecule has 18 heteroatoms. The van der Waals surface area contributed by atoms with Gasteiger partial charge in [-0.25, -0.2) is 4.79 Å². The number of carbonyl (C=O) groups excluding carboxylic acids is 5. The Bertz CT molecular complexity index is 1760. The molecule has 4 fully saturated rings. The van der Waals surface area contributed by atoms with E-state index in [9.17, 15) is 42.3 Å². The third-order valence-electron chi connectivity index (χ3n) is 11.5. The highest BCUT2D eigenvalue weighted by Crippen LogP contribution is 2.58. The molecule has 1 aliphatic carbocycles. The average molecular weight is 882 g/mol. The predicted octanol–water partition coefficient (Wildman–Crippen LogP) is 5.35.